The fraction of sp³-hybridized carbons (Fsp3) is 0.571. The molecule has 0 heterocycles. The maximum absolute atomic E-state index is 12.4. The Morgan fingerprint density at radius 3 is 2.24 bits per heavy atom. The molecule has 0 aliphatic rings. The summed E-state index contributed by atoms with van der Waals surface area (Å²) in [6.45, 7) is 1.43. The molecule has 0 saturated heterocycles. The minimum Gasteiger partial charge on any atom is -0.491 e. The van der Waals surface area contributed by atoms with Gasteiger partial charge in [-0.25, -0.2) is 12.7 Å². The zero-order chi connectivity index (χ0) is 15.9. The van der Waals surface area contributed by atoms with E-state index >= 15 is 0 Å². The fourth-order valence-corrected chi connectivity index (χ4v) is 2.99. The first-order valence-corrected chi connectivity index (χ1v) is 8.26. The average molecular weight is 316 g/mol. The Morgan fingerprint density at radius 2 is 1.71 bits per heavy atom. The summed E-state index contributed by atoms with van der Waals surface area (Å²) in [5.41, 5.74) is 0. The maximum Gasteiger partial charge on any atom is 0.242 e. The third-order valence-electron chi connectivity index (χ3n) is 2.97. The van der Waals surface area contributed by atoms with Crippen LogP contribution in [0.15, 0.2) is 29.2 Å². The quantitative estimate of drug-likeness (QED) is 0.723. The summed E-state index contributed by atoms with van der Waals surface area (Å²) < 4.78 is 31.3. The summed E-state index contributed by atoms with van der Waals surface area (Å²) in [5.74, 6) is 0.540. The van der Waals surface area contributed by atoms with Crippen LogP contribution in [0.4, 0.5) is 0 Å². The number of sulfonamides is 1. The van der Waals surface area contributed by atoms with Crippen LogP contribution >= 0.6 is 0 Å². The molecule has 0 spiro atoms. The second-order valence-electron chi connectivity index (χ2n) is 5.03. The van der Waals surface area contributed by atoms with Crippen molar-refractivity contribution in [2.45, 2.75) is 11.3 Å². The average Bonchev–Trinajstić information content (AvgIpc) is 2.45. The molecule has 21 heavy (non-hydrogen) atoms. The molecule has 0 radical (unpaired) electrons. The second-order valence-corrected chi connectivity index (χ2v) is 7.07. The van der Waals surface area contributed by atoms with E-state index in [9.17, 15) is 8.42 Å². The summed E-state index contributed by atoms with van der Waals surface area (Å²) >= 11 is 0. The molecule has 1 aromatic carbocycles. The van der Waals surface area contributed by atoms with E-state index in [-0.39, 0.29) is 18.1 Å². The van der Waals surface area contributed by atoms with Crippen LogP contribution in [0.25, 0.3) is 0 Å². The van der Waals surface area contributed by atoms with Crippen LogP contribution in [-0.4, -0.2) is 70.2 Å². The molecular weight excluding hydrogens is 292 g/mol. The largest absolute Gasteiger partial charge is 0.491 e. The highest BCUT2D eigenvalue weighted by Crippen LogP contribution is 2.19. The van der Waals surface area contributed by atoms with E-state index in [2.05, 4.69) is 0 Å². The molecule has 1 rings (SSSR count). The number of aliphatic hydroxyl groups excluding tert-OH is 1. The van der Waals surface area contributed by atoms with E-state index in [0.29, 0.717) is 12.3 Å². The van der Waals surface area contributed by atoms with Crippen LogP contribution < -0.4 is 4.74 Å². The number of hydrogen-bond acceptors (Lipinski definition) is 5. The lowest BCUT2D eigenvalue weighted by atomic mass is 10.3. The zero-order valence-electron chi connectivity index (χ0n) is 12.8. The summed E-state index contributed by atoms with van der Waals surface area (Å²) in [4.78, 5) is 2.26. The van der Waals surface area contributed by atoms with Crippen molar-refractivity contribution in [2.75, 3.05) is 47.4 Å². The van der Waals surface area contributed by atoms with Gasteiger partial charge in [-0.1, -0.05) is 0 Å². The molecule has 6 nitrogen and oxygen atoms in total. The minimum atomic E-state index is -3.46. The van der Waals surface area contributed by atoms with Gasteiger partial charge in [0.1, 0.15) is 12.4 Å². The lowest BCUT2D eigenvalue weighted by Crippen LogP contribution is -2.29. The highest BCUT2D eigenvalue weighted by Gasteiger charge is 2.20. The van der Waals surface area contributed by atoms with Crippen molar-refractivity contribution in [3.8, 4) is 5.75 Å². The molecule has 120 valence electrons. The molecule has 0 aliphatic carbocycles. The van der Waals surface area contributed by atoms with Gasteiger partial charge in [-0.05, 0) is 51.3 Å². The highest BCUT2D eigenvalue weighted by atomic mass is 32.2. The van der Waals surface area contributed by atoms with E-state index in [4.69, 9.17) is 9.84 Å². The topological polar surface area (TPSA) is 70.1 Å². The van der Waals surface area contributed by atoms with Crippen molar-refractivity contribution in [1.29, 1.82) is 0 Å². The first-order valence-electron chi connectivity index (χ1n) is 6.82. The monoisotopic (exact) mass is 316 g/mol. The predicted molar refractivity (Wildman–Crippen MR) is 82.0 cm³/mol. The van der Waals surface area contributed by atoms with Crippen molar-refractivity contribution in [3.05, 3.63) is 24.3 Å². The zero-order valence-corrected chi connectivity index (χ0v) is 13.6. The number of hydrogen-bond donors (Lipinski definition) is 1. The molecule has 0 bridgehead atoms. The van der Waals surface area contributed by atoms with Gasteiger partial charge in [-0.2, -0.15) is 0 Å². The maximum atomic E-state index is 12.4. The first kappa shape index (κ1) is 17.9. The van der Waals surface area contributed by atoms with Crippen LogP contribution in [0.5, 0.6) is 5.75 Å². The molecule has 0 atom stereocenters. The molecule has 7 heteroatoms. The normalized spacial score (nSPS) is 12.1. The molecule has 0 fully saturated rings. The van der Waals surface area contributed by atoms with Gasteiger partial charge in [0, 0.05) is 13.6 Å². The minimum absolute atomic E-state index is 0.0747. The Bertz CT molecular complexity index is 514. The highest BCUT2D eigenvalue weighted by molar-refractivity contribution is 7.89. The summed E-state index contributed by atoms with van der Waals surface area (Å²) in [6.07, 6.45) is 0.778. The van der Waals surface area contributed by atoms with Crippen molar-refractivity contribution in [1.82, 2.24) is 9.21 Å². The van der Waals surface area contributed by atoms with Gasteiger partial charge < -0.3 is 14.7 Å². The molecular formula is C14H24N2O4S. The van der Waals surface area contributed by atoms with Gasteiger partial charge in [0.15, 0.2) is 0 Å². The van der Waals surface area contributed by atoms with Crippen LogP contribution in [0, 0.1) is 0 Å². The number of rotatable bonds is 9. The fourth-order valence-electron chi connectivity index (χ4n) is 1.78. The summed E-state index contributed by atoms with van der Waals surface area (Å²) in [5, 5.41) is 8.67. The van der Waals surface area contributed by atoms with Gasteiger partial charge >= 0.3 is 0 Å². The third-order valence-corrected chi connectivity index (χ3v) is 4.84. The number of nitrogens with zero attached hydrogens (tertiary/aromatic N) is 2. The number of ether oxygens (including phenoxy) is 1. The first-order chi connectivity index (χ1) is 9.87. The molecule has 0 saturated carbocycles. The second kappa shape index (κ2) is 8.33. The van der Waals surface area contributed by atoms with Gasteiger partial charge in [-0.3, -0.25) is 0 Å². The van der Waals surface area contributed by atoms with E-state index in [1.54, 1.807) is 19.2 Å². The Kier molecular flexibility index (Phi) is 7.10. The third kappa shape index (κ3) is 5.62. The smallest absolute Gasteiger partial charge is 0.242 e. The van der Waals surface area contributed by atoms with E-state index in [1.807, 2.05) is 19.0 Å². The SMILES string of the molecule is CN(C)CCCN(C)S(=O)(=O)c1ccc(OCCO)cc1. The van der Waals surface area contributed by atoms with Crippen LogP contribution in [0.1, 0.15) is 6.42 Å². The molecule has 0 aromatic heterocycles. The van der Waals surface area contributed by atoms with Crippen LogP contribution in [-0.2, 0) is 10.0 Å². The summed E-state index contributed by atoms with van der Waals surface area (Å²) in [7, 11) is 2.04. The predicted octanol–water partition coefficient (Wildman–Crippen LogP) is 0.630. The summed E-state index contributed by atoms with van der Waals surface area (Å²) in [6, 6.07) is 6.22. The van der Waals surface area contributed by atoms with Gasteiger partial charge in [0.05, 0.1) is 11.5 Å². The molecule has 1 aromatic rings. The van der Waals surface area contributed by atoms with Crippen LogP contribution in [0.2, 0.25) is 0 Å². The molecule has 0 amide bonds. The lowest BCUT2D eigenvalue weighted by molar-refractivity contribution is 0.201. The van der Waals surface area contributed by atoms with E-state index in [0.717, 1.165) is 13.0 Å². The lowest BCUT2D eigenvalue weighted by Gasteiger charge is -2.18. The van der Waals surface area contributed by atoms with Crippen molar-refractivity contribution in [2.24, 2.45) is 0 Å². The van der Waals surface area contributed by atoms with Gasteiger partial charge in [-0.15, -0.1) is 0 Å². The van der Waals surface area contributed by atoms with E-state index in [1.165, 1.54) is 16.4 Å². The van der Waals surface area contributed by atoms with Crippen molar-refractivity contribution < 1.29 is 18.3 Å². The van der Waals surface area contributed by atoms with Crippen molar-refractivity contribution in [3.63, 3.8) is 0 Å². The number of benzene rings is 1. The Morgan fingerprint density at radius 1 is 1.10 bits per heavy atom. The van der Waals surface area contributed by atoms with Crippen LogP contribution in [0.3, 0.4) is 0 Å². The van der Waals surface area contributed by atoms with Crippen molar-refractivity contribution >= 4 is 10.0 Å². The Labute approximate surface area is 127 Å². The Balaban J connectivity index is 2.68. The number of aliphatic hydroxyl groups is 1. The molecule has 0 aliphatic heterocycles. The standard InChI is InChI=1S/C14H24N2O4S/c1-15(2)9-4-10-16(3)21(18,19)14-7-5-13(6-8-14)20-12-11-17/h5-8,17H,4,9-12H2,1-3H3. The van der Waals surface area contributed by atoms with Gasteiger partial charge in [0.25, 0.3) is 0 Å². The molecule has 1 N–H and O–H groups in total. The Hall–Kier alpha value is -1.15. The van der Waals surface area contributed by atoms with E-state index < -0.39 is 10.0 Å². The molecule has 0 unspecified atom stereocenters. The van der Waals surface area contributed by atoms with Gasteiger partial charge in [0.2, 0.25) is 10.0 Å².